The average molecular weight is 380 g/mol. The lowest BCUT2D eigenvalue weighted by atomic mass is 10.0. The Bertz CT molecular complexity index is 932. The van der Waals surface area contributed by atoms with Gasteiger partial charge in [-0.25, -0.2) is 14.6 Å². The average Bonchev–Trinajstić information content (AvgIpc) is 2.91. The summed E-state index contributed by atoms with van der Waals surface area (Å²) in [5.41, 5.74) is 1.69. The number of benzene rings is 2. The van der Waals surface area contributed by atoms with Crippen LogP contribution < -0.4 is 9.64 Å². The number of amides is 4. The first-order valence-electron chi connectivity index (χ1n) is 8.80. The van der Waals surface area contributed by atoms with Crippen molar-refractivity contribution in [1.82, 2.24) is 4.90 Å². The van der Waals surface area contributed by atoms with Crippen LogP contribution in [0.25, 0.3) is 0 Å². The second-order valence-corrected chi connectivity index (χ2v) is 6.71. The van der Waals surface area contributed by atoms with Crippen molar-refractivity contribution in [1.29, 1.82) is 0 Å². The molecule has 28 heavy (non-hydrogen) atoms. The van der Waals surface area contributed by atoms with E-state index >= 15 is 0 Å². The summed E-state index contributed by atoms with van der Waals surface area (Å²) < 4.78 is 5.04. The minimum atomic E-state index is -1.02. The largest absolute Gasteiger partial charge is 0.497 e. The smallest absolute Gasteiger partial charge is 0.339 e. The van der Waals surface area contributed by atoms with Gasteiger partial charge in [-0.1, -0.05) is 38.1 Å². The number of ketones is 1. The summed E-state index contributed by atoms with van der Waals surface area (Å²) in [6, 6.07) is 12.3. The first kappa shape index (κ1) is 19.3. The van der Waals surface area contributed by atoms with Gasteiger partial charge < -0.3 is 4.74 Å². The molecule has 4 amide bonds. The Morgan fingerprint density at radius 3 is 2.07 bits per heavy atom. The van der Waals surface area contributed by atoms with E-state index in [1.165, 1.54) is 19.2 Å². The topological polar surface area (TPSA) is 84.0 Å². The van der Waals surface area contributed by atoms with E-state index in [1.54, 1.807) is 24.3 Å². The van der Waals surface area contributed by atoms with Crippen LogP contribution in [0.15, 0.2) is 48.5 Å². The van der Waals surface area contributed by atoms with Crippen LogP contribution in [0.2, 0.25) is 0 Å². The molecular formula is C21H20N2O5. The Morgan fingerprint density at radius 1 is 0.929 bits per heavy atom. The number of anilines is 1. The monoisotopic (exact) mass is 380 g/mol. The SMILES string of the molecule is COc1ccc(N2C(=O)C(=O)N(CC(=O)c3ccc(C(C)C)cc3)C2=O)cc1. The number of carbonyl (C=O) groups excluding carboxylic acids is 4. The molecule has 1 saturated heterocycles. The Hall–Kier alpha value is -3.48. The zero-order valence-corrected chi connectivity index (χ0v) is 15.8. The van der Waals surface area contributed by atoms with Crippen LogP contribution >= 0.6 is 0 Å². The molecule has 0 N–H and O–H groups in total. The molecule has 0 bridgehead atoms. The molecular weight excluding hydrogens is 360 g/mol. The lowest BCUT2D eigenvalue weighted by Crippen LogP contribution is -2.37. The van der Waals surface area contributed by atoms with Crippen LogP contribution in [-0.2, 0) is 9.59 Å². The second kappa shape index (κ2) is 7.64. The van der Waals surface area contributed by atoms with E-state index < -0.39 is 30.2 Å². The van der Waals surface area contributed by atoms with Crippen LogP contribution in [0, 0.1) is 0 Å². The predicted octanol–water partition coefficient (Wildman–Crippen LogP) is 3.00. The quantitative estimate of drug-likeness (QED) is 0.437. The number of imide groups is 2. The molecule has 0 saturated carbocycles. The van der Waals surface area contributed by atoms with Gasteiger partial charge in [-0.2, -0.15) is 0 Å². The highest BCUT2D eigenvalue weighted by Crippen LogP contribution is 2.25. The maximum absolute atomic E-state index is 12.6. The second-order valence-electron chi connectivity index (χ2n) is 6.71. The van der Waals surface area contributed by atoms with E-state index in [4.69, 9.17) is 4.74 Å². The summed E-state index contributed by atoms with van der Waals surface area (Å²) in [6.45, 7) is 3.59. The Morgan fingerprint density at radius 2 is 1.54 bits per heavy atom. The molecule has 1 heterocycles. The van der Waals surface area contributed by atoms with Gasteiger partial charge in [0.1, 0.15) is 5.75 Å². The molecule has 1 fully saturated rings. The molecule has 0 aliphatic carbocycles. The fourth-order valence-corrected chi connectivity index (χ4v) is 2.89. The van der Waals surface area contributed by atoms with Crippen molar-refractivity contribution in [3.05, 3.63) is 59.7 Å². The molecule has 2 aromatic carbocycles. The molecule has 1 aliphatic rings. The fraction of sp³-hybridized carbons (Fsp3) is 0.238. The number of Topliss-reactive ketones (excluding diaryl/α,β-unsaturated/α-hetero) is 1. The minimum absolute atomic E-state index is 0.236. The molecule has 7 nitrogen and oxygen atoms in total. The van der Waals surface area contributed by atoms with Gasteiger partial charge >= 0.3 is 17.8 Å². The van der Waals surface area contributed by atoms with Gasteiger partial charge in [-0.15, -0.1) is 0 Å². The highest BCUT2D eigenvalue weighted by atomic mass is 16.5. The number of nitrogens with zero attached hydrogens (tertiary/aromatic N) is 2. The Balaban J connectivity index is 1.78. The van der Waals surface area contributed by atoms with Gasteiger partial charge in [0.2, 0.25) is 0 Å². The molecule has 144 valence electrons. The van der Waals surface area contributed by atoms with Crippen molar-refractivity contribution >= 4 is 29.3 Å². The third-order valence-electron chi connectivity index (χ3n) is 4.59. The number of hydrogen-bond acceptors (Lipinski definition) is 5. The maximum atomic E-state index is 12.6. The normalized spacial score (nSPS) is 14.2. The summed E-state index contributed by atoms with van der Waals surface area (Å²) >= 11 is 0. The summed E-state index contributed by atoms with van der Waals surface area (Å²) in [5.74, 6) is -1.56. The summed E-state index contributed by atoms with van der Waals surface area (Å²) in [5, 5.41) is 0. The van der Waals surface area contributed by atoms with E-state index in [0.717, 1.165) is 10.5 Å². The van der Waals surface area contributed by atoms with Gasteiger partial charge in [0.05, 0.1) is 19.3 Å². The van der Waals surface area contributed by atoms with Gasteiger partial charge in [0, 0.05) is 5.56 Å². The molecule has 0 radical (unpaired) electrons. The van der Waals surface area contributed by atoms with Crippen molar-refractivity contribution in [3.8, 4) is 5.75 Å². The number of urea groups is 1. The van der Waals surface area contributed by atoms with Gasteiger partial charge in [-0.05, 0) is 35.7 Å². The molecule has 2 aromatic rings. The minimum Gasteiger partial charge on any atom is -0.497 e. The Labute approximate surface area is 162 Å². The van der Waals surface area contributed by atoms with Crippen molar-refractivity contribution in [2.45, 2.75) is 19.8 Å². The first-order valence-corrected chi connectivity index (χ1v) is 8.80. The third-order valence-corrected chi connectivity index (χ3v) is 4.59. The van der Waals surface area contributed by atoms with Crippen molar-refractivity contribution in [2.24, 2.45) is 0 Å². The molecule has 0 aromatic heterocycles. The van der Waals surface area contributed by atoms with Crippen LogP contribution in [0.1, 0.15) is 35.7 Å². The molecule has 0 spiro atoms. The Kier molecular flexibility index (Phi) is 5.26. The zero-order valence-electron chi connectivity index (χ0n) is 15.8. The zero-order chi connectivity index (χ0) is 20.4. The molecule has 3 rings (SSSR count). The number of hydrogen-bond donors (Lipinski definition) is 0. The van der Waals surface area contributed by atoms with E-state index in [1.807, 2.05) is 26.0 Å². The fourth-order valence-electron chi connectivity index (χ4n) is 2.89. The van der Waals surface area contributed by atoms with E-state index in [2.05, 4.69) is 0 Å². The van der Waals surface area contributed by atoms with E-state index in [0.29, 0.717) is 22.1 Å². The van der Waals surface area contributed by atoms with Crippen molar-refractivity contribution in [3.63, 3.8) is 0 Å². The first-order chi connectivity index (χ1) is 13.3. The molecule has 1 aliphatic heterocycles. The van der Waals surface area contributed by atoms with Gasteiger partial charge in [0.25, 0.3) is 0 Å². The maximum Gasteiger partial charge on any atom is 0.339 e. The van der Waals surface area contributed by atoms with Crippen LogP contribution in [0.5, 0.6) is 5.75 Å². The summed E-state index contributed by atoms with van der Waals surface area (Å²) in [7, 11) is 1.49. The number of carbonyl (C=O) groups is 4. The van der Waals surface area contributed by atoms with E-state index in [-0.39, 0.29) is 5.69 Å². The molecule has 0 atom stereocenters. The highest BCUT2D eigenvalue weighted by molar-refractivity contribution is 6.53. The number of ether oxygens (including phenoxy) is 1. The van der Waals surface area contributed by atoms with Gasteiger partial charge in [-0.3, -0.25) is 14.4 Å². The lowest BCUT2D eigenvalue weighted by molar-refractivity contribution is -0.139. The highest BCUT2D eigenvalue weighted by Gasteiger charge is 2.46. The third kappa shape index (κ3) is 3.51. The number of rotatable bonds is 6. The van der Waals surface area contributed by atoms with Crippen LogP contribution in [-0.4, -0.2) is 42.2 Å². The van der Waals surface area contributed by atoms with Gasteiger partial charge in [0.15, 0.2) is 5.78 Å². The van der Waals surface area contributed by atoms with Crippen molar-refractivity contribution < 1.29 is 23.9 Å². The molecule has 0 unspecified atom stereocenters. The predicted molar refractivity (Wildman–Crippen MR) is 102 cm³/mol. The van der Waals surface area contributed by atoms with E-state index in [9.17, 15) is 19.2 Å². The number of methoxy groups -OCH3 is 1. The standard InChI is InChI=1S/C21H20N2O5/c1-13(2)14-4-6-15(7-5-14)18(24)12-22-19(25)20(26)23(21(22)27)16-8-10-17(28-3)11-9-16/h4-11,13H,12H2,1-3H3. The lowest BCUT2D eigenvalue weighted by Gasteiger charge is -2.15. The summed E-state index contributed by atoms with van der Waals surface area (Å²) in [4.78, 5) is 51.1. The van der Waals surface area contributed by atoms with Crippen LogP contribution in [0.3, 0.4) is 0 Å². The van der Waals surface area contributed by atoms with Crippen molar-refractivity contribution in [2.75, 3.05) is 18.6 Å². The summed E-state index contributed by atoms with van der Waals surface area (Å²) in [6.07, 6.45) is 0. The van der Waals surface area contributed by atoms with Crippen LogP contribution in [0.4, 0.5) is 10.5 Å². The molecule has 7 heteroatoms.